The van der Waals surface area contributed by atoms with Crippen LogP contribution in [-0.4, -0.2) is 183 Å². The van der Waals surface area contributed by atoms with Crippen molar-refractivity contribution in [2.24, 2.45) is 11.8 Å². The zero-order chi connectivity index (χ0) is 37.3. The zero-order valence-corrected chi connectivity index (χ0v) is 34.6. The van der Waals surface area contributed by atoms with Crippen LogP contribution in [0.25, 0.3) is 0 Å². The minimum Gasteiger partial charge on any atom is -0.354 e. The number of carbonyl (C=O) groups is 2. The summed E-state index contributed by atoms with van der Waals surface area (Å²) in [5.74, 6) is 0.672. The van der Waals surface area contributed by atoms with Gasteiger partial charge >= 0.3 is 0 Å². The van der Waals surface area contributed by atoms with Gasteiger partial charge in [0.15, 0.2) is 0 Å². The van der Waals surface area contributed by atoms with E-state index in [1.807, 2.05) is 32.7 Å². The third-order valence-electron chi connectivity index (χ3n) is 10.1. The van der Waals surface area contributed by atoms with Crippen molar-refractivity contribution in [2.45, 2.75) is 113 Å². The summed E-state index contributed by atoms with van der Waals surface area (Å²) in [6.07, 6.45) is 2.02. The van der Waals surface area contributed by atoms with Crippen molar-refractivity contribution in [3.63, 3.8) is 0 Å². The van der Waals surface area contributed by atoms with Crippen molar-refractivity contribution < 1.29 is 9.59 Å². The molecule has 0 spiro atoms. The summed E-state index contributed by atoms with van der Waals surface area (Å²) in [7, 11) is 6.40. The molecule has 11 heteroatoms. The Kier molecular flexibility index (Phi) is 21.7. The average Bonchev–Trinajstić information content (AvgIpc) is 3.03. The standard InChI is InChI=1S/C11H24N2.C10H20N2O.C9H19N3O.C8H18N2/c1-10(2)12-6-8-13(9-7-12)11(3,4)5;1-8(2)11-10(13)9-4-6-12(3)7-5-9;1-8(2)9(13)10-12-6-4-11(3)5-7-12;1-8(2)10-6-4-9(3)5-7-10/h10H,6-9H2,1-5H3;8-9H,4-7H2,1-3H3,(H,11,13);8H,4-7H2,1-3H3,(H,10,13);8H,4-7H2,1-3H3. The average molecular weight is 696 g/mol. The Morgan fingerprint density at radius 3 is 1.33 bits per heavy atom. The predicted molar refractivity (Wildman–Crippen MR) is 208 cm³/mol. The molecule has 0 atom stereocenters. The van der Waals surface area contributed by atoms with Gasteiger partial charge in [-0.05, 0) is 109 Å². The lowest BCUT2D eigenvalue weighted by Crippen LogP contribution is -2.54. The molecular formula is C38H81N9O2. The minimum absolute atomic E-state index is 0.0691. The Hall–Kier alpha value is -1.34. The second-order valence-electron chi connectivity index (χ2n) is 16.9. The van der Waals surface area contributed by atoms with Gasteiger partial charge in [0.05, 0.1) is 0 Å². The molecule has 0 bridgehead atoms. The molecule has 4 rings (SSSR count). The van der Waals surface area contributed by atoms with E-state index < -0.39 is 0 Å². The van der Waals surface area contributed by atoms with E-state index >= 15 is 0 Å². The van der Waals surface area contributed by atoms with E-state index in [1.165, 1.54) is 52.4 Å². The Bertz CT molecular complexity index is 876. The van der Waals surface area contributed by atoms with E-state index in [0.717, 1.165) is 58.2 Å². The third kappa shape index (κ3) is 19.7. The van der Waals surface area contributed by atoms with Crippen LogP contribution in [0, 0.1) is 11.8 Å². The van der Waals surface area contributed by atoms with E-state index in [-0.39, 0.29) is 29.7 Å². The molecule has 4 aliphatic rings. The highest BCUT2D eigenvalue weighted by molar-refractivity contribution is 5.79. The lowest BCUT2D eigenvalue weighted by Gasteiger charge is -2.43. The fourth-order valence-electron chi connectivity index (χ4n) is 6.12. The van der Waals surface area contributed by atoms with E-state index in [0.29, 0.717) is 11.6 Å². The summed E-state index contributed by atoms with van der Waals surface area (Å²) in [5, 5.41) is 4.97. The number of hydrogen-bond donors (Lipinski definition) is 2. The molecular weight excluding hydrogens is 614 g/mol. The van der Waals surface area contributed by atoms with Gasteiger partial charge in [-0.3, -0.25) is 29.7 Å². The maximum absolute atomic E-state index is 11.6. The molecule has 0 aliphatic carbocycles. The van der Waals surface area contributed by atoms with Gasteiger partial charge in [0.2, 0.25) is 11.8 Å². The molecule has 4 fully saturated rings. The second-order valence-corrected chi connectivity index (χ2v) is 16.9. The minimum atomic E-state index is 0.0691. The summed E-state index contributed by atoms with van der Waals surface area (Å²) in [4.78, 5) is 37.5. The lowest BCUT2D eigenvalue weighted by atomic mass is 9.96. The third-order valence-corrected chi connectivity index (χ3v) is 10.1. The van der Waals surface area contributed by atoms with E-state index in [1.54, 1.807) is 0 Å². The Balaban J connectivity index is 0.000000328. The van der Waals surface area contributed by atoms with Crippen molar-refractivity contribution >= 4 is 11.8 Å². The van der Waals surface area contributed by atoms with Crippen LogP contribution in [0.1, 0.15) is 89.0 Å². The molecule has 49 heavy (non-hydrogen) atoms. The van der Waals surface area contributed by atoms with Crippen molar-refractivity contribution in [3.8, 4) is 0 Å². The van der Waals surface area contributed by atoms with E-state index in [4.69, 9.17) is 0 Å². The summed E-state index contributed by atoms with van der Waals surface area (Å²) in [6, 6.07) is 1.71. The molecule has 2 N–H and O–H groups in total. The fraction of sp³-hybridized carbons (Fsp3) is 0.947. The summed E-state index contributed by atoms with van der Waals surface area (Å²) < 4.78 is 0. The Labute approximate surface area is 303 Å². The van der Waals surface area contributed by atoms with Crippen LogP contribution in [0.2, 0.25) is 0 Å². The van der Waals surface area contributed by atoms with Crippen molar-refractivity contribution in [3.05, 3.63) is 0 Å². The van der Waals surface area contributed by atoms with Crippen molar-refractivity contribution in [1.29, 1.82) is 0 Å². The number of hydrogen-bond acceptors (Lipinski definition) is 9. The Morgan fingerprint density at radius 1 is 0.571 bits per heavy atom. The highest BCUT2D eigenvalue weighted by atomic mass is 16.2. The van der Waals surface area contributed by atoms with Crippen molar-refractivity contribution in [2.75, 3.05) is 113 Å². The van der Waals surface area contributed by atoms with Crippen LogP contribution in [0.15, 0.2) is 0 Å². The smallest absolute Gasteiger partial charge is 0.236 e. The molecule has 4 heterocycles. The number of hydrazine groups is 1. The van der Waals surface area contributed by atoms with Gasteiger partial charge < -0.3 is 20.0 Å². The molecule has 290 valence electrons. The molecule has 4 saturated heterocycles. The van der Waals surface area contributed by atoms with Gasteiger partial charge in [0, 0.05) is 114 Å². The normalized spacial score (nSPS) is 21.8. The molecule has 0 aromatic heterocycles. The number of piperidine rings is 1. The van der Waals surface area contributed by atoms with Gasteiger partial charge in [0.1, 0.15) is 0 Å². The molecule has 4 aliphatic heterocycles. The first kappa shape index (κ1) is 45.7. The number of piperazine rings is 3. The molecule has 11 nitrogen and oxygen atoms in total. The number of carbonyl (C=O) groups excluding carboxylic acids is 2. The zero-order valence-electron chi connectivity index (χ0n) is 34.6. The summed E-state index contributed by atoms with van der Waals surface area (Å²) in [5.41, 5.74) is 3.26. The van der Waals surface area contributed by atoms with Gasteiger partial charge in [-0.25, -0.2) is 5.01 Å². The van der Waals surface area contributed by atoms with Gasteiger partial charge in [-0.1, -0.05) is 13.8 Å². The first-order valence-electron chi connectivity index (χ1n) is 19.4. The molecule has 0 radical (unpaired) electrons. The van der Waals surface area contributed by atoms with Crippen molar-refractivity contribution in [1.82, 2.24) is 45.2 Å². The number of rotatable bonds is 6. The van der Waals surface area contributed by atoms with Crippen LogP contribution < -0.4 is 10.7 Å². The number of likely N-dealkylation sites (tertiary alicyclic amines) is 1. The maximum atomic E-state index is 11.6. The van der Waals surface area contributed by atoms with Crippen LogP contribution in [-0.2, 0) is 9.59 Å². The van der Waals surface area contributed by atoms with Crippen LogP contribution in [0.3, 0.4) is 0 Å². The predicted octanol–water partition coefficient (Wildman–Crippen LogP) is 3.23. The van der Waals surface area contributed by atoms with Gasteiger partial charge in [-0.2, -0.15) is 0 Å². The summed E-state index contributed by atoms with van der Waals surface area (Å²) in [6.45, 7) is 39.7. The lowest BCUT2D eigenvalue weighted by molar-refractivity contribution is -0.129. The number of likely N-dealkylation sites (N-methyl/N-ethyl adjacent to an activating group) is 2. The largest absolute Gasteiger partial charge is 0.354 e. The highest BCUT2D eigenvalue weighted by Crippen LogP contribution is 2.17. The van der Waals surface area contributed by atoms with E-state index in [9.17, 15) is 9.59 Å². The quantitative estimate of drug-likeness (QED) is 0.436. The van der Waals surface area contributed by atoms with Gasteiger partial charge in [0.25, 0.3) is 0 Å². The Morgan fingerprint density at radius 2 is 0.959 bits per heavy atom. The van der Waals surface area contributed by atoms with Gasteiger partial charge in [-0.15, -0.1) is 0 Å². The molecule has 0 aromatic rings. The number of amides is 2. The maximum Gasteiger partial charge on any atom is 0.236 e. The fourth-order valence-corrected chi connectivity index (χ4v) is 6.12. The topological polar surface area (TPSA) is 80.9 Å². The van der Waals surface area contributed by atoms with E-state index in [2.05, 4.69) is 110 Å². The monoisotopic (exact) mass is 696 g/mol. The number of nitrogens with zero attached hydrogens (tertiary/aromatic N) is 7. The highest BCUT2D eigenvalue weighted by Gasteiger charge is 2.26. The summed E-state index contributed by atoms with van der Waals surface area (Å²) >= 11 is 0. The second kappa shape index (κ2) is 23.3. The first-order chi connectivity index (χ1) is 22.8. The first-order valence-corrected chi connectivity index (χ1v) is 19.4. The molecule has 2 amide bonds. The van der Waals surface area contributed by atoms with Crippen LogP contribution >= 0.6 is 0 Å². The SMILES string of the molecule is CC(C)C(=O)NN1CCN(C)CC1.CC(C)N1CCN(C(C)(C)C)CC1.CC(C)N1CCN(C)CC1.CC(C)NC(=O)C1CCN(C)CC1. The molecule has 0 saturated carbocycles. The molecule has 0 unspecified atom stereocenters. The van der Waals surface area contributed by atoms with Crippen LogP contribution in [0.5, 0.6) is 0 Å². The van der Waals surface area contributed by atoms with Crippen LogP contribution in [0.4, 0.5) is 0 Å². The molecule has 0 aromatic carbocycles. The number of nitrogens with one attached hydrogen (secondary N) is 2.